The Kier molecular flexibility index (Phi) is 5.16. The highest BCUT2D eigenvalue weighted by Gasteiger charge is 2.82. The van der Waals surface area contributed by atoms with Crippen molar-refractivity contribution >= 4 is 5.97 Å². The van der Waals surface area contributed by atoms with Crippen molar-refractivity contribution in [3.63, 3.8) is 0 Å². The van der Waals surface area contributed by atoms with E-state index >= 15 is 0 Å². The third-order valence-corrected chi connectivity index (χ3v) is 14.2. The first-order valence-corrected chi connectivity index (χ1v) is 15.1. The maximum Gasteiger partial charge on any atom is 0.302 e. The SMILES string of the molecule is CC(=O)O[C@H]1CC[C@]23C[C@]24CC[C@]2(C)[C@@H]([C@H](C)CC[C@@H]5OC5(C)C)CC[C@@]2(C)[C@@H]4CC[C@H]3C1(C)C. The van der Waals surface area contributed by atoms with Gasteiger partial charge in [0.05, 0.1) is 11.7 Å². The van der Waals surface area contributed by atoms with Crippen molar-refractivity contribution in [2.75, 3.05) is 0 Å². The number of carbonyl (C=O) groups is 1. The van der Waals surface area contributed by atoms with E-state index in [2.05, 4.69) is 48.5 Å². The van der Waals surface area contributed by atoms with Crippen LogP contribution in [0.2, 0.25) is 0 Å². The molecule has 0 aromatic carbocycles. The van der Waals surface area contributed by atoms with Crippen LogP contribution in [0.3, 0.4) is 0 Å². The molecule has 6 aliphatic rings. The van der Waals surface area contributed by atoms with Crippen LogP contribution in [-0.4, -0.2) is 23.8 Å². The number of epoxide rings is 1. The Bertz CT molecular complexity index is 906. The van der Waals surface area contributed by atoms with Gasteiger partial charge < -0.3 is 9.47 Å². The highest BCUT2D eigenvalue weighted by atomic mass is 16.6. The molecule has 1 heterocycles. The highest BCUT2D eigenvalue weighted by molar-refractivity contribution is 5.66. The van der Waals surface area contributed by atoms with Crippen LogP contribution in [0, 0.1) is 50.7 Å². The van der Waals surface area contributed by atoms with Gasteiger partial charge in [-0.2, -0.15) is 0 Å². The lowest BCUT2D eigenvalue weighted by Gasteiger charge is -2.63. The van der Waals surface area contributed by atoms with E-state index in [1.807, 2.05) is 0 Å². The Morgan fingerprint density at radius 2 is 1.54 bits per heavy atom. The normalized spacial score (nSPS) is 53.4. The van der Waals surface area contributed by atoms with E-state index in [-0.39, 0.29) is 23.1 Å². The summed E-state index contributed by atoms with van der Waals surface area (Å²) >= 11 is 0. The average molecular weight is 485 g/mol. The summed E-state index contributed by atoms with van der Waals surface area (Å²) < 4.78 is 11.8. The van der Waals surface area contributed by atoms with Gasteiger partial charge in [0.2, 0.25) is 0 Å². The molecule has 0 aromatic heterocycles. The smallest absolute Gasteiger partial charge is 0.302 e. The third-order valence-electron chi connectivity index (χ3n) is 14.2. The van der Waals surface area contributed by atoms with Crippen molar-refractivity contribution < 1.29 is 14.3 Å². The number of ether oxygens (including phenoxy) is 2. The van der Waals surface area contributed by atoms with Gasteiger partial charge in [0.25, 0.3) is 0 Å². The lowest BCUT2D eigenvalue weighted by atomic mass is 9.41. The Hall–Kier alpha value is -0.570. The Morgan fingerprint density at radius 3 is 2.20 bits per heavy atom. The van der Waals surface area contributed by atoms with E-state index in [4.69, 9.17) is 9.47 Å². The first kappa shape index (κ1) is 24.7. The summed E-state index contributed by atoms with van der Waals surface area (Å²) in [6.07, 6.45) is 15.5. The lowest BCUT2D eigenvalue weighted by molar-refractivity contribution is -0.181. The van der Waals surface area contributed by atoms with Crippen LogP contribution >= 0.6 is 0 Å². The highest BCUT2D eigenvalue weighted by Crippen LogP contribution is 2.89. The van der Waals surface area contributed by atoms with Crippen LogP contribution in [0.15, 0.2) is 0 Å². The molecule has 0 radical (unpaired) electrons. The second kappa shape index (κ2) is 7.29. The fourth-order valence-electron chi connectivity index (χ4n) is 12.1. The van der Waals surface area contributed by atoms with Crippen molar-refractivity contribution in [2.45, 2.75) is 144 Å². The van der Waals surface area contributed by atoms with Crippen molar-refractivity contribution in [1.82, 2.24) is 0 Å². The summed E-state index contributed by atoms with van der Waals surface area (Å²) in [6, 6.07) is 0. The fraction of sp³-hybridized carbons (Fsp3) is 0.969. The molecule has 0 bridgehead atoms. The zero-order valence-electron chi connectivity index (χ0n) is 24.0. The van der Waals surface area contributed by atoms with Crippen LogP contribution in [0.4, 0.5) is 0 Å². The van der Waals surface area contributed by atoms with E-state index in [0.717, 1.165) is 30.1 Å². The van der Waals surface area contributed by atoms with E-state index in [1.165, 1.54) is 64.2 Å². The molecular weight excluding hydrogens is 432 g/mol. The average Bonchev–Trinajstić information content (AvgIpc) is 3.58. The summed E-state index contributed by atoms with van der Waals surface area (Å²) in [4.78, 5) is 11.9. The van der Waals surface area contributed by atoms with Crippen molar-refractivity contribution in [1.29, 1.82) is 0 Å². The number of esters is 1. The second-order valence-corrected chi connectivity index (χ2v) is 15.9. The number of fused-ring (bicyclic) bond motifs is 2. The Balaban J connectivity index is 1.22. The molecule has 0 unspecified atom stereocenters. The summed E-state index contributed by atoms with van der Waals surface area (Å²) in [5.41, 5.74) is 2.32. The minimum Gasteiger partial charge on any atom is -0.462 e. The standard InChI is InChI=1S/C32H52O3/c1-20(9-12-26-28(5,6)35-26)22-13-15-30(8)24-11-10-23-27(3,4)25(34-21(2)33)14-16-31(23)19-32(24,31)18-17-29(22,30)7/h20,22-26H,9-19H2,1-8H3/t20-,22-,23+,24+,25+,26+,29-,30+,31-,32+/m1/s1. The van der Waals surface area contributed by atoms with Gasteiger partial charge in [-0.15, -0.1) is 0 Å². The van der Waals surface area contributed by atoms with Crippen molar-refractivity contribution in [3.05, 3.63) is 0 Å². The molecule has 10 atom stereocenters. The fourth-order valence-corrected chi connectivity index (χ4v) is 12.1. The minimum absolute atomic E-state index is 0.0953. The maximum absolute atomic E-state index is 11.9. The van der Waals surface area contributed by atoms with E-state index < -0.39 is 0 Å². The summed E-state index contributed by atoms with van der Waals surface area (Å²) in [5, 5.41) is 0. The van der Waals surface area contributed by atoms with Crippen LogP contribution in [0.1, 0.15) is 126 Å². The van der Waals surface area contributed by atoms with Gasteiger partial charge in [0.1, 0.15) is 6.10 Å². The number of carbonyl (C=O) groups excluding carboxylic acids is 1. The third kappa shape index (κ3) is 3.09. The molecule has 35 heavy (non-hydrogen) atoms. The molecule has 5 saturated carbocycles. The summed E-state index contributed by atoms with van der Waals surface area (Å²) in [5.74, 6) is 3.19. The molecule has 1 saturated heterocycles. The van der Waals surface area contributed by atoms with Gasteiger partial charge in [-0.05, 0) is 130 Å². The van der Waals surface area contributed by atoms with E-state index in [0.29, 0.717) is 27.8 Å². The van der Waals surface area contributed by atoms with Gasteiger partial charge in [-0.1, -0.05) is 34.6 Å². The predicted octanol–water partition coefficient (Wildman–Crippen LogP) is 7.95. The first-order valence-electron chi connectivity index (χ1n) is 15.1. The van der Waals surface area contributed by atoms with Gasteiger partial charge in [0, 0.05) is 12.3 Å². The van der Waals surface area contributed by atoms with Gasteiger partial charge in [-0.25, -0.2) is 0 Å². The quantitative estimate of drug-likeness (QED) is 0.293. The molecule has 6 fully saturated rings. The lowest BCUT2D eigenvalue weighted by Crippen LogP contribution is -2.58. The van der Waals surface area contributed by atoms with Crippen LogP contribution in [-0.2, 0) is 14.3 Å². The van der Waals surface area contributed by atoms with E-state index in [9.17, 15) is 4.79 Å². The molecule has 0 N–H and O–H groups in total. The molecule has 3 heteroatoms. The molecule has 2 spiro atoms. The molecular formula is C32H52O3. The molecule has 0 aromatic rings. The topological polar surface area (TPSA) is 38.8 Å². The van der Waals surface area contributed by atoms with Crippen molar-refractivity contribution in [3.8, 4) is 0 Å². The Labute approximate surface area is 214 Å². The molecule has 1 aliphatic heterocycles. The van der Waals surface area contributed by atoms with Gasteiger partial charge in [-0.3, -0.25) is 4.79 Å². The van der Waals surface area contributed by atoms with Gasteiger partial charge >= 0.3 is 5.97 Å². The second-order valence-electron chi connectivity index (χ2n) is 15.9. The van der Waals surface area contributed by atoms with Crippen LogP contribution in [0.25, 0.3) is 0 Å². The molecule has 3 nitrogen and oxygen atoms in total. The van der Waals surface area contributed by atoms with Crippen LogP contribution < -0.4 is 0 Å². The summed E-state index contributed by atoms with van der Waals surface area (Å²) in [6.45, 7) is 19.0. The summed E-state index contributed by atoms with van der Waals surface area (Å²) in [7, 11) is 0. The van der Waals surface area contributed by atoms with Crippen molar-refractivity contribution in [2.24, 2.45) is 50.7 Å². The maximum atomic E-state index is 11.9. The minimum atomic E-state index is -0.0953. The van der Waals surface area contributed by atoms with Crippen LogP contribution in [0.5, 0.6) is 0 Å². The number of hydrogen-bond donors (Lipinski definition) is 0. The number of rotatable bonds is 5. The Morgan fingerprint density at radius 1 is 0.886 bits per heavy atom. The largest absolute Gasteiger partial charge is 0.462 e. The monoisotopic (exact) mass is 484 g/mol. The zero-order chi connectivity index (χ0) is 25.2. The predicted molar refractivity (Wildman–Crippen MR) is 140 cm³/mol. The van der Waals surface area contributed by atoms with Gasteiger partial charge in [0.15, 0.2) is 0 Å². The molecule has 6 rings (SSSR count). The van der Waals surface area contributed by atoms with E-state index in [1.54, 1.807) is 6.92 Å². The molecule has 0 amide bonds. The number of hydrogen-bond acceptors (Lipinski definition) is 3. The zero-order valence-corrected chi connectivity index (χ0v) is 24.0. The first-order chi connectivity index (χ1) is 16.2. The molecule has 198 valence electrons. The molecule has 5 aliphatic carbocycles.